The number of fused-ring (bicyclic) bond motifs is 2. The van der Waals surface area contributed by atoms with Gasteiger partial charge in [-0.05, 0) is 72.9 Å². The van der Waals surface area contributed by atoms with Crippen LogP contribution >= 0.6 is 30.6 Å². The van der Waals surface area contributed by atoms with E-state index in [2.05, 4.69) is 15.0 Å². The van der Waals surface area contributed by atoms with E-state index in [1.54, 1.807) is 63.0 Å². The van der Waals surface area contributed by atoms with Crippen LogP contribution in [0.1, 0.15) is 62.0 Å². The van der Waals surface area contributed by atoms with Crippen LogP contribution in [0.5, 0.6) is 11.5 Å². The zero-order valence-corrected chi connectivity index (χ0v) is 40.6. The molecule has 3 aliphatic rings. The molecule has 5 atom stereocenters. The number of aromatic nitrogens is 2. The average molecular weight is 973 g/mol. The number of anilines is 1. The summed E-state index contributed by atoms with van der Waals surface area (Å²) in [5, 5.41) is 2.84. The standard InChI is InChI=1S/C52H53N4O9PS2/c1-36-33-56(50(59)54-46(36)53-47(57)37-15-7-4-8-16-37)48-44-45(65-66(55-29-13-14-30-55)68-32-31-67-49(58)38-17-9-5-10-18-38)51(64-48,34-62-44)35-63-52(39-19-11-6-12-20-39,40-21-25-42(60-2)26-22-40)41-23-27-43(61-3)28-24-41/h4-12,15-28,33,44-45,48H,13-14,29-32,34-35H2,1-3H3,(H,53,54,57,59)/t44-,45?,48+,51+,66?/m0/s1. The lowest BCUT2D eigenvalue weighted by atomic mass is 9.79. The van der Waals surface area contributed by atoms with Crippen molar-refractivity contribution < 1.29 is 37.8 Å². The minimum atomic E-state index is -1.29. The van der Waals surface area contributed by atoms with Crippen LogP contribution in [0.3, 0.4) is 0 Å². The number of nitrogens with one attached hydrogen (secondary N) is 1. The molecular weight excluding hydrogens is 920 g/mol. The molecule has 0 aliphatic carbocycles. The Balaban J connectivity index is 1.08. The van der Waals surface area contributed by atoms with Crippen molar-refractivity contribution >= 4 is 47.5 Å². The molecule has 68 heavy (non-hydrogen) atoms. The molecule has 13 nitrogen and oxygen atoms in total. The van der Waals surface area contributed by atoms with Crippen LogP contribution in [0, 0.1) is 6.92 Å². The van der Waals surface area contributed by atoms with Crippen molar-refractivity contribution in [2.45, 2.75) is 49.4 Å². The molecule has 2 unspecified atom stereocenters. The number of aryl methyl sites for hydroxylation is 1. The monoisotopic (exact) mass is 972 g/mol. The van der Waals surface area contributed by atoms with Gasteiger partial charge in [-0.25, -0.2) is 4.79 Å². The SMILES string of the molecule is COc1ccc(C(OC[C@]23CO[C@@H](C2OP(SCCSC(=O)c2ccccc2)N2CCCC2)[C@H](n2cc(C)c(NC(=O)c4ccccc4)nc2=O)O3)(c2ccccc2)c2ccc(OC)cc2)cc1. The van der Waals surface area contributed by atoms with Gasteiger partial charge in [0, 0.05) is 47.5 Å². The Hall–Kier alpha value is -5.35. The van der Waals surface area contributed by atoms with Crippen LogP contribution in [0.2, 0.25) is 0 Å². The number of rotatable bonds is 19. The molecule has 6 aromatic rings. The van der Waals surface area contributed by atoms with Gasteiger partial charge in [0.2, 0.25) is 5.12 Å². The third-order valence-corrected chi connectivity index (χ3v) is 17.6. The van der Waals surface area contributed by atoms with Gasteiger partial charge in [-0.3, -0.25) is 18.8 Å². The van der Waals surface area contributed by atoms with Crippen molar-refractivity contribution in [1.29, 1.82) is 0 Å². The van der Waals surface area contributed by atoms with Gasteiger partial charge in [-0.1, -0.05) is 126 Å². The molecular formula is C52H53N4O9PS2. The molecule has 1 amide bonds. The maximum Gasteiger partial charge on any atom is 0.351 e. The van der Waals surface area contributed by atoms with Crippen molar-refractivity contribution in [3.63, 3.8) is 0 Å². The Morgan fingerprint density at radius 2 is 1.37 bits per heavy atom. The van der Waals surface area contributed by atoms with E-state index >= 15 is 0 Å². The van der Waals surface area contributed by atoms with E-state index in [0.717, 1.165) is 42.6 Å². The van der Waals surface area contributed by atoms with E-state index < -0.39 is 42.8 Å². The Morgan fingerprint density at radius 1 is 0.794 bits per heavy atom. The minimum absolute atomic E-state index is 0.0146. The minimum Gasteiger partial charge on any atom is -0.497 e. The lowest BCUT2D eigenvalue weighted by Gasteiger charge is -2.40. The van der Waals surface area contributed by atoms with E-state index in [0.29, 0.717) is 39.7 Å². The Kier molecular flexibility index (Phi) is 15.1. The van der Waals surface area contributed by atoms with E-state index in [1.165, 1.54) is 16.3 Å². The van der Waals surface area contributed by atoms with Crippen LogP contribution < -0.4 is 20.5 Å². The smallest absolute Gasteiger partial charge is 0.351 e. The molecule has 2 bridgehead atoms. The van der Waals surface area contributed by atoms with Crippen LogP contribution in [-0.2, 0) is 24.3 Å². The fourth-order valence-corrected chi connectivity index (χ4v) is 14.2. The summed E-state index contributed by atoms with van der Waals surface area (Å²) in [5.74, 6) is 2.43. The highest BCUT2D eigenvalue weighted by atomic mass is 32.7. The van der Waals surface area contributed by atoms with Crippen molar-refractivity contribution in [2.75, 3.05) is 57.3 Å². The number of methoxy groups -OCH3 is 2. The molecule has 0 saturated carbocycles. The maximum atomic E-state index is 14.2. The van der Waals surface area contributed by atoms with E-state index in [1.807, 2.05) is 115 Å². The summed E-state index contributed by atoms with van der Waals surface area (Å²) >= 11 is 3.00. The molecule has 4 heterocycles. The average Bonchev–Trinajstić information content (AvgIpc) is 4.12. The van der Waals surface area contributed by atoms with Gasteiger partial charge in [0.1, 0.15) is 40.7 Å². The maximum absolute atomic E-state index is 14.2. The zero-order chi connectivity index (χ0) is 47.1. The predicted molar refractivity (Wildman–Crippen MR) is 267 cm³/mol. The largest absolute Gasteiger partial charge is 0.497 e. The van der Waals surface area contributed by atoms with Crippen molar-refractivity contribution in [1.82, 2.24) is 14.2 Å². The Morgan fingerprint density at radius 3 is 1.97 bits per heavy atom. The fraction of sp³-hybridized carbons (Fsp3) is 0.308. The second kappa shape index (κ2) is 21.5. The van der Waals surface area contributed by atoms with Gasteiger partial charge in [-0.2, -0.15) is 4.98 Å². The number of hydrogen-bond donors (Lipinski definition) is 1. The highest BCUT2D eigenvalue weighted by Gasteiger charge is 2.65. The molecule has 1 N–H and O–H groups in total. The number of hydrogen-bond acceptors (Lipinski definition) is 13. The Bertz CT molecular complexity index is 2670. The first-order valence-electron chi connectivity index (χ1n) is 22.5. The number of nitrogens with zero attached hydrogens (tertiary/aromatic N) is 3. The third kappa shape index (κ3) is 10.0. The van der Waals surface area contributed by atoms with Gasteiger partial charge in [0.15, 0.2) is 13.7 Å². The van der Waals surface area contributed by atoms with E-state index in [-0.39, 0.29) is 30.1 Å². The highest BCUT2D eigenvalue weighted by Crippen LogP contribution is 2.61. The van der Waals surface area contributed by atoms with Crippen molar-refractivity contribution in [3.05, 3.63) is 190 Å². The molecule has 0 spiro atoms. The molecule has 0 radical (unpaired) electrons. The number of thioether (sulfide) groups is 1. The first-order valence-corrected chi connectivity index (χ1v) is 26.3. The summed E-state index contributed by atoms with van der Waals surface area (Å²) in [4.78, 5) is 44.7. The zero-order valence-electron chi connectivity index (χ0n) is 38.0. The summed E-state index contributed by atoms with van der Waals surface area (Å²) < 4.78 is 43.8. The number of benzene rings is 5. The van der Waals surface area contributed by atoms with Crippen molar-refractivity contribution in [3.8, 4) is 11.5 Å². The van der Waals surface area contributed by atoms with Crippen LogP contribution in [0.25, 0.3) is 0 Å². The van der Waals surface area contributed by atoms with Gasteiger partial charge >= 0.3 is 5.69 Å². The summed E-state index contributed by atoms with van der Waals surface area (Å²) in [6, 6.07) is 43.8. The van der Waals surface area contributed by atoms with Crippen LogP contribution in [0.15, 0.2) is 151 Å². The van der Waals surface area contributed by atoms with Gasteiger partial charge in [0.05, 0.1) is 27.4 Å². The molecule has 1 aromatic heterocycles. The summed E-state index contributed by atoms with van der Waals surface area (Å²) in [6.45, 7) is 3.62. The third-order valence-electron chi connectivity index (χ3n) is 12.4. The second-order valence-corrected chi connectivity index (χ2v) is 21.4. The normalized spacial score (nSPS) is 20.5. The molecule has 3 saturated heterocycles. The molecule has 3 aliphatic heterocycles. The van der Waals surface area contributed by atoms with Gasteiger partial charge in [-0.15, -0.1) is 0 Å². The summed E-state index contributed by atoms with van der Waals surface area (Å²) in [7, 11) is 1.98. The lowest BCUT2D eigenvalue weighted by molar-refractivity contribution is -0.203. The molecule has 5 aromatic carbocycles. The summed E-state index contributed by atoms with van der Waals surface area (Å²) in [5.41, 5.74) is 1.19. The van der Waals surface area contributed by atoms with Gasteiger partial charge in [0.25, 0.3) is 5.91 Å². The molecule has 16 heteroatoms. The fourth-order valence-electron chi connectivity index (χ4n) is 8.87. The number of ether oxygens (including phenoxy) is 5. The number of amides is 1. The second-order valence-electron chi connectivity index (χ2n) is 16.7. The first kappa shape index (κ1) is 47.7. The van der Waals surface area contributed by atoms with Gasteiger partial charge < -0.3 is 33.5 Å². The van der Waals surface area contributed by atoms with Crippen LogP contribution in [-0.4, -0.2) is 95.1 Å². The van der Waals surface area contributed by atoms with Crippen LogP contribution in [0.4, 0.5) is 5.82 Å². The quantitative estimate of drug-likeness (QED) is 0.0469. The molecule has 352 valence electrons. The Labute approximate surface area is 405 Å². The molecule has 3 fully saturated rings. The molecule has 9 rings (SSSR count). The summed E-state index contributed by atoms with van der Waals surface area (Å²) in [6.07, 6.45) is 1.34. The number of carbonyl (C=O) groups is 2. The van der Waals surface area contributed by atoms with E-state index in [4.69, 9.17) is 28.2 Å². The lowest BCUT2D eigenvalue weighted by Crippen LogP contribution is -2.49. The van der Waals surface area contributed by atoms with Crippen molar-refractivity contribution in [2.24, 2.45) is 0 Å². The predicted octanol–water partition coefficient (Wildman–Crippen LogP) is 9.51. The first-order chi connectivity index (χ1) is 33.2. The van der Waals surface area contributed by atoms with E-state index in [9.17, 15) is 14.4 Å². The number of carbonyl (C=O) groups excluding carboxylic acids is 2. The highest BCUT2D eigenvalue weighted by molar-refractivity contribution is 8.53. The topological polar surface area (TPSA) is 140 Å².